The third kappa shape index (κ3) is 1.81. The van der Waals surface area contributed by atoms with Gasteiger partial charge in [-0.3, -0.25) is 9.59 Å². The molecule has 0 bridgehead atoms. The van der Waals surface area contributed by atoms with E-state index in [2.05, 4.69) is 11.5 Å². The molecule has 1 aliphatic carbocycles. The Morgan fingerprint density at radius 1 is 1.37 bits per heavy atom. The first-order valence-corrected chi connectivity index (χ1v) is 7.10. The number of hydrogen-bond donors (Lipinski definition) is 1. The Bertz CT molecular complexity index is 531. The van der Waals surface area contributed by atoms with Gasteiger partial charge in [-0.25, -0.2) is 0 Å². The minimum atomic E-state index is -0.714. The number of aryl methyl sites for hydroxylation is 1. The first-order valence-electron chi connectivity index (χ1n) is 7.10. The average molecular weight is 261 g/mol. The van der Waals surface area contributed by atoms with Gasteiger partial charge >= 0.3 is 5.97 Å². The molecule has 19 heavy (non-hydrogen) atoms. The van der Waals surface area contributed by atoms with E-state index in [1.165, 1.54) is 0 Å². The molecule has 3 unspecified atom stereocenters. The lowest BCUT2D eigenvalue weighted by Gasteiger charge is -2.16. The molecular weight excluding hydrogens is 242 g/mol. The highest BCUT2D eigenvalue weighted by molar-refractivity contribution is 6.00. The van der Waals surface area contributed by atoms with E-state index in [0.717, 1.165) is 24.1 Å². The molecule has 3 rings (SSSR count). The van der Waals surface area contributed by atoms with E-state index in [9.17, 15) is 9.59 Å². The maximum absolute atomic E-state index is 12.5. The van der Waals surface area contributed by atoms with E-state index in [-0.39, 0.29) is 23.7 Å². The molecule has 2 aliphatic rings. The van der Waals surface area contributed by atoms with Gasteiger partial charge in [0, 0.05) is 18.2 Å². The third-order valence-electron chi connectivity index (χ3n) is 4.76. The smallest absolute Gasteiger partial charge is 0.306 e. The minimum absolute atomic E-state index is 0.00542. The van der Waals surface area contributed by atoms with Crippen molar-refractivity contribution in [3.05, 3.63) is 23.5 Å². The van der Waals surface area contributed by atoms with Gasteiger partial charge in [-0.15, -0.1) is 0 Å². The molecule has 0 spiro atoms. The van der Waals surface area contributed by atoms with Crippen LogP contribution >= 0.6 is 0 Å². The van der Waals surface area contributed by atoms with Gasteiger partial charge in [-0.1, -0.05) is 6.92 Å². The molecule has 1 aromatic heterocycles. The van der Waals surface area contributed by atoms with Gasteiger partial charge in [-0.05, 0) is 43.7 Å². The molecule has 1 aliphatic heterocycles. The Balaban J connectivity index is 1.91. The lowest BCUT2D eigenvalue weighted by molar-refractivity contribution is -0.142. The molecule has 4 heteroatoms. The second kappa shape index (κ2) is 4.51. The topological polar surface area (TPSA) is 59.3 Å². The molecule has 1 N–H and O–H groups in total. The highest BCUT2D eigenvalue weighted by Gasteiger charge is 2.42. The zero-order valence-electron chi connectivity index (χ0n) is 11.1. The Labute approximate surface area is 112 Å². The van der Waals surface area contributed by atoms with E-state index in [4.69, 9.17) is 5.11 Å². The van der Waals surface area contributed by atoms with Gasteiger partial charge in [-0.2, -0.15) is 0 Å². The van der Waals surface area contributed by atoms with Gasteiger partial charge in [0.2, 0.25) is 0 Å². The number of ketones is 1. The van der Waals surface area contributed by atoms with Crippen LogP contribution in [0.5, 0.6) is 0 Å². The monoisotopic (exact) mass is 261 g/mol. The number of aromatic nitrogens is 1. The molecule has 2 heterocycles. The predicted octanol–water partition coefficient (Wildman–Crippen LogP) is 2.68. The van der Waals surface area contributed by atoms with Gasteiger partial charge in [0.15, 0.2) is 5.78 Å². The summed E-state index contributed by atoms with van der Waals surface area (Å²) < 4.78 is 2.11. The molecule has 0 radical (unpaired) electrons. The Hall–Kier alpha value is -1.58. The second-order valence-electron chi connectivity index (χ2n) is 5.68. The van der Waals surface area contributed by atoms with Crippen molar-refractivity contribution in [1.82, 2.24) is 4.57 Å². The van der Waals surface area contributed by atoms with Crippen molar-refractivity contribution in [2.45, 2.75) is 45.1 Å². The van der Waals surface area contributed by atoms with Crippen molar-refractivity contribution in [2.24, 2.45) is 11.8 Å². The van der Waals surface area contributed by atoms with E-state index in [1.807, 2.05) is 12.3 Å². The molecule has 0 amide bonds. The highest BCUT2D eigenvalue weighted by Crippen LogP contribution is 2.43. The van der Waals surface area contributed by atoms with E-state index >= 15 is 0 Å². The fourth-order valence-corrected chi connectivity index (χ4v) is 3.69. The third-order valence-corrected chi connectivity index (χ3v) is 4.76. The van der Waals surface area contributed by atoms with Crippen LogP contribution in [0.2, 0.25) is 0 Å². The summed E-state index contributed by atoms with van der Waals surface area (Å²) in [6.45, 7) is 2.07. The summed E-state index contributed by atoms with van der Waals surface area (Å²) in [7, 11) is 0. The van der Waals surface area contributed by atoms with E-state index < -0.39 is 5.97 Å². The van der Waals surface area contributed by atoms with Crippen LogP contribution in [-0.4, -0.2) is 21.4 Å². The Kier molecular flexibility index (Phi) is 2.96. The number of carboxylic acid groups (broad SMARTS) is 1. The van der Waals surface area contributed by atoms with E-state index in [0.29, 0.717) is 19.3 Å². The van der Waals surface area contributed by atoms with Crippen LogP contribution in [0.4, 0.5) is 0 Å². The van der Waals surface area contributed by atoms with Crippen LogP contribution < -0.4 is 0 Å². The van der Waals surface area contributed by atoms with Crippen molar-refractivity contribution in [2.75, 3.05) is 0 Å². The molecule has 1 saturated carbocycles. The zero-order valence-corrected chi connectivity index (χ0v) is 11.1. The number of rotatable bonds is 2. The molecule has 102 valence electrons. The summed E-state index contributed by atoms with van der Waals surface area (Å²) in [5, 5.41) is 9.14. The number of fused-ring (bicyclic) bond motifs is 3. The number of carbonyl (C=O) groups is 2. The van der Waals surface area contributed by atoms with Crippen LogP contribution in [0.25, 0.3) is 0 Å². The summed E-state index contributed by atoms with van der Waals surface area (Å²) in [6, 6.07) is 2.22. The number of Topliss-reactive ketones (excluding diaryl/α,β-unsaturated/α-hetero) is 1. The van der Waals surface area contributed by atoms with Crippen LogP contribution in [-0.2, 0) is 11.2 Å². The summed E-state index contributed by atoms with van der Waals surface area (Å²) in [5.41, 5.74) is 2.01. The van der Waals surface area contributed by atoms with Gasteiger partial charge in [0.05, 0.1) is 11.6 Å². The van der Waals surface area contributed by atoms with Gasteiger partial charge < -0.3 is 9.67 Å². The average Bonchev–Trinajstić information content (AvgIpc) is 2.81. The normalized spacial score (nSPS) is 29.7. The molecule has 0 aromatic carbocycles. The lowest BCUT2D eigenvalue weighted by atomic mass is 9.91. The van der Waals surface area contributed by atoms with E-state index in [1.54, 1.807) is 0 Å². The quantitative estimate of drug-likeness (QED) is 0.890. The van der Waals surface area contributed by atoms with Crippen molar-refractivity contribution < 1.29 is 14.7 Å². The lowest BCUT2D eigenvalue weighted by Crippen LogP contribution is -2.15. The minimum Gasteiger partial charge on any atom is -0.481 e. The van der Waals surface area contributed by atoms with Gasteiger partial charge in [0.25, 0.3) is 0 Å². The summed E-state index contributed by atoms with van der Waals surface area (Å²) in [6.07, 6.45) is 5.73. The fraction of sp³-hybridized carbons (Fsp3) is 0.600. The Morgan fingerprint density at radius 2 is 2.11 bits per heavy atom. The second-order valence-corrected chi connectivity index (χ2v) is 5.68. The van der Waals surface area contributed by atoms with Crippen LogP contribution in [0, 0.1) is 11.8 Å². The summed E-state index contributed by atoms with van der Waals surface area (Å²) in [5.74, 6) is -0.749. The standard InChI is InChI=1S/C15H19NO3/c1-2-9-7-8-16-12-6-4-10(15(18)19)3-5-11(12)14(17)13(9)16/h7-8,10-12H,2-6H2,1H3,(H,18,19). The molecule has 4 nitrogen and oxygen atoms in total. The maximum Gasteiger partial charge on any atom is 0.306 e. The summed E-state index contributed by atoms with van der Waals surface area (Å²) >= 11 is 0. The maximum atomic E-state index is 12.5. The molecule has 1 fully saturated rings. The number of carboxylic acids is 1. The number of nitrogens with zero attached hydrogens (tertiary/aromatic N) is 1. The molecule has 1 aromatic rings. The SMILES string of the molecule is CCc1ccn2c1C(=O)C1CCC(C(=O)O)CCC12. The van der Waals surface area contributed by atoms with Crippen LogP contribution in [0.15, 0.2) is 12.3 Å². The molecule has 3 atom stereocenters. The number of hydrogen-bond acceptors (Lipinski definition) is 2. The zero-order chi connectivity index (χ0) is 13.6. The molecule has 0 saturated heterocycles. The first kappa shape index (κ1) is 12.5. The van der Waals surface area contributed by atoms with Crippen LogP contribution in [0.3, 0.4) is 0 Å². The summed E-state index contributed by atoms with van der Waals surface area (Å²) in [4.78, 5) is 23.6. The van der Waals surface area contributed by atoms with Crippen molar-refractivity contribution in [1.29, 1.82) is 0 Å². The first-order chi connectivity index (χ1) is 9.13. The Morgan fingerprint density at radius 3 is 2.79 bits per heavy atom. The van der Waals surface area contributed by atoms with Crippen molar-refractivity contribution in [3.8, 4) is 0 Å². The fourth-order valence-electron chi connectivity index (χ4n) is 3.69. The highest BCUT2D eigenvalue weighted by atomic mass is 16.4. The molecular formula is C15H19NO3. The number of carbonyl (C=O) groups excluding carboxylic acids is 1. The van der Waals surface area contributed by atoms with Crippen molar-refractivity contribution >= 4 is 11.8 Å². The predicted molar refractivity (Wildman–Crippen MR) is 70.3 cm³/mol. The van der Waals surface area contributed by atoms with Crippen molar-refractivity contribution in [3.63, 3.8) is 0 Å². The number of aliphatic carboxylic acids is 1. The van der Waals surface area contributed by atoms with Gasteiger partial charge in [0.1, 0.15) is 0 Å². The van der Waals surface area contributed by atoms with Crippen LogP contribution in [0.1, 0.15) is 54.7 Å². The largest absolute Gasteiger partial charge is 0.481 e.